The highest BCUT2D eigenvalue weighted by molar-refractivity contribution is 7.13. The van der Waals surface area contributed by atoms with Gasteiger partial charge in [-0.2, -0.15) is 0 Å². The van der Waals surface area contributed by atoms with Crippen LogP contribution in [-0.4, -0.2) is 28.9 Å². The van der Waals surface area contributed by atoms with E-state index >= 15 is 0 Å². The lowest BCUT2D eigenvalue weighted by Gasteiger charge is -2.22. The number of rotatable bonds is 5. The molecule has 1 atom stereocenters. The minimum Gasteiger partial charge on any atom is -0.497 e. The SMILES string of the molecule is COc1ccc(C2(C)NC(=O)N(Cc3csc(-c4ccc(F)cc4)n3)C2=O)cc1. The van der Waals surface area contributed by atoms with Crippen molar-refractivity contribution < 1.29 is 18.7 Å². The Morgan fingerprint density at radius 2 is 1.83 bits per heavy atom. The molecule has 1 saturated heterocycles. The van der Waals surface area contributed by atoms with Gasteiger partial charge in [0.15, 0.2) is 0 Å². The van der Waals surface area contributed by atoms with Gasteiger partial charge < -0.3 is 10.1 Å². The van der Waals surface area contributed by atoms with Gasteiger partial charge >= 0.3 is 6.03 Å². The summed E-state index contributed by atoms with van der Waals surface area (Å²) in [6, 6.07) is 12.6. The van der Waals surface area contributed by atoms with E-state index in [0.717, 1.165) is 10.5 Å². The Labute approximate surface area is 171 Å². The van der Waals surface area contributed by atoms with E-state index in [9.17, 15) is 14.0 Å². The fraction of sp³-hybridized carbons (Fsp3) is 0.190. The van der Waals surface area contributed by atoms with Crippen LogP contribution in [0.25, 0.3) is 10.6 Å². The molecule has 1 aliphatic rings. The predicted molar refractivity (Wildman–Crippen MR) is 107 cm³/mol. The number of urea groups is 1. The van der Waals surface area contributed by atoms with Gasteiger partial charge in [-0.05, 0) is 48.9 Å². The maximum atomic E-state index is 13.1. The molecule has 1 fully saturated rings. The monoisotopic (exact) mass is 411 g/mol. The normalized spacial score (nSPS) is 18.8. The Balaban J connectivity index is 1.54. The van der Waals surface area contributed by atoms with Gasteiger partial charge in [-0.3, -0.25) is 9.69 Å². The summed E-state index contributed by atoms with van der Waals surface area (Å²) >= 11 is 1.38. The van der Waals surface area contributed by atoms with Crippen molar-refractivity contribution in [3.8, 4) is 16.3 Å². The highest BCUT2D eigenvalue weighted by atomic mass is 32.1. The molecular formula is C21H18FN3O3S. The van der Waals surface area contributed by atoms with E-state index in [-0.39, 0.29) is 18.3 Å². The smallest absolute Gasteiger partial charge is 0.325 e. The number of hydrogen-bond acceptors (Lipinski definition) is 5. The molecule has 1 aliphatic heterocycles. The van der Waals surface area contributed by atoms with Gasteiger partial charge in [-0.1, -0.05) is 12.1 Å². The van der Waals surface area contributed by atoms with Crippen LogP contribution in [-0.2, 0) is 16.9 Å². The molecule has 4 rings (SSSR count). The van der Waals surface area contributed by atoms with Gasteiger partial charge in [0.05, 0.1) is 19.3 Å². The van der Waals surface area contributed by atoms with Gasteiger partial charge in [0.1, 0.15) is 22.1 Å². The lowest BCUT2D eigenvalue weighted by atomic mass is 9.92. The molecule has 0 spiro atoms. The molecule has 3 amide bonds. The summed E-state index contributed by atoms with van der Waals surface area (Å²) in [6.45, 7) is 1.74. The van der Waals surface area contributed by atoms with Crippen molar-refractivity contribution in [1.29, 1.82) is 0 Å². The van der Waals surface area contributed by atoms with Crippen LogP contribution in [0.3, 0.4) is 0 Å². The van der Waals surface area contributed by atoms with E-state index in [1.54, 1.807) is 55.8 Å². The number of benzene rings is 2. The van der Waals surface area contributed by atoms with E-state index < -0.39 is 11.6 Å². The van der Waals surface area contributed by atoms with Gasteiger partial charge in [0.25, 0.3) is 5.91 Å². The van der Waals surface area contributed by atoms with Crippen molar-refractivity contribution in [2.75, 3.05) is 7.11 Å². The Bertz CT molecular complexity index is 1070. The molecule has 1 aromatic heterocycles. The summed E-state index contributed by atoms with van der Waals surface area (Å²) in [5.41, 5.74) is 0.892. The van der Waals surface area contributed by atoms with Gasteiger partial charge in [0.2, 0.25) is 0 Å². The minimum atomic E-state index is -1.15. The second-order valence-electron chi connectivity index (χ2n) is 6.83. The van der Waals surface area contributed by atoms with Crippen molar-refractivity contribution in [3.05, 3.63) is 71.0 Å². The number of imide groups is 1. The van der Waals surface area contributed by atoms with Crippen LogP contribution in [0.15, 0.2) is 53.9 Å². The zero-order valence-electron chi connectivity index (χ0n) is 15.8. The van der Waals surface area contributed by atoms with Crippen molar-refractivity contribution in [3.63, 3.8) is 0 Å². The van der Waals surface area contributed by atoms with E-state index in [1.165, 1.54) is 23.5 Å². The molecular weight excluding hydrogens is 393 g/mol. The molecule has 1 N–H and O–H groups in total. The van der Waals surface area contributed by atoms with Crippen LogP contribution in [0, 0.1) is 5.82 Å². The second kappa shape index (κ2) is 7.29. The average Bonchev–Trinajstić information content (AvgIpc) is 3.28. The molecule has 0 radical (unpaired) electrons. The molecule has 3 aromatic rings. The Morgan fingerprint density at radius 1 is 1.14 bits per heavy atom. The Hall–Kier alpha value is -3.26. The molecule has 2 aromatic carbocycles. The van der Waals surface area contributed by atoms with E-state index in [2.05, 4.69) is 10.3 Å². The van der Waals surface area contributed by atoms with E-state index in [0.29, 0.717) is 22.0 Å². The number of hydrogen-bond donors (Lipinski definition) is 1. The van der Waals surface area contributed by atoms with Gasteiger partial charge in [-0.25, -0.2) is 14.2 Å². The van der Waals surface area contributed by atoms with E-state index in [4.69, 9.17) is 4.74 Å². The Kier molecular flexibility index (Phi) is 4.79. The number of nitrogens with zero attached hydrogens (tertiary/aromatic N) is 2. The molecule has 0 saturated carbocycles. The molecule has 148 valence electrons. The fourth-order valence-corrected chi connectivity index (χ4v) is 4.04. The van der Waals surface area contributed by atoms with Crippen molar-refractivity contribution in [2.45, 2.75) is 19.0 Å². The second-order valence-corrected chi connectivity index (χ2v) is 7.68. The third-order valence-electron chi connectivity index (χ3n) is 4.91. The van der Waals surface area contributed by atoms with Gasteiger partial charge in [-0.15, -0.1) is 11.3 Å². The number of thiazole rings is 1. The minimum absolute atomic E-state index is 0.0636. The molecule has 6 nitrogen and oxygen atoms in total. The topological polar surface area (TPSA) is 71.5 Å². The lowest BCUT2D eigenvalue weighted by Crippen LogP contribution is -2.40. The van der Waals surface area contributed by atoms with Crippen LogP contribution in [0.1, 0.15) is 18.2 Å². The highest BCUT2D eigenvalue weighted by Gasteiger charge is 2.49. The summed E-state index contributed by atoms with van der Waals surface area (Å²) in [4.78, 5) is 31.2. The third kappa shape index (κ3) is 3.47. The highest BCUT2D eigenvalue weighted by Crippen LogP contribution is 2.31. The van der Waals surface area contributed by atoms with Crippen LogP contribution < -0.4 is 10.1 Å². The summed E-state index contributed by atoms with van der Waals surface area (Å²) in [5, 5.41) is 5.27. The first-order valence-corrected chi connectivity index (χ1v) is 9.77. The first kappa shape index (κ1) is 19.1. The summed E-state index contributed by atoms with van der Waals surface area (Å²) in [6.07, 6.45) is 0. The van der Waals surface area contributed by atoms with Crippen LogP contribution >= 0.6 is 11.3 Å². The van der Waals surface area contributed by atoms with Crippen LogP contribution in [0.2, 0.25) is 0 Å². The van der Waals surface area contributed by atoms with E-state index in [1.807, 2.05) is 0 Å². The number of carbonyl (C=O) groups is 2. The number of ether oxygens (including phenoxy) is 1. The zero-order chi connectivity index (χ0) is 20.6. The number of nitrogens with one attached hydrogen (secondary N) is 1. The first-order chi connectivity index (χ1) is 13.9. The maximum Gasteiger partial charge on any atom is 0.325 e. The molecule has 0 bridgehead atoms. The largest absolute Gasteiger partial charge is 0.497 e. The number of methoxy groups -OCH3 is 1. The fourth-order valence-electron chi connectivity index (χ4n) is 3.23. The predicted octanol–water partition coefficient (Wildman–Crippen LogP) is 3.93. The van der Waals surface area contributed by atoms with Crippen molar-refractivity contribution in [1.82, 2.24) is 15.2 Å². The summed E-state index contributed by atoms with van der Waals surface area (Å²) in [7, 11) is 1.56. The van der Waals surface area contributed by atoms with Crippen molar-refractivity contribution >= 4 is 23.3 Å². The van der Waals surface area contributed by atoms with Gasteiger partial charge in [0, 0.05) is 10.9 Å². The Morgan fingerprint density at radius 3 is 2.48 bits per heavy atom. The summed E-state index contributed by atoms with van der Waals surface area (Å²) < 4.78 is 18.3. The number of halogens is 1. The van der Waals surface area contributed by atoms with Crippen LogP contribution in [0.4, 0.5) is 9.18 Å². The maximum absolute atomic E-state index is 13.1. The standard InChI is InChI=1S/C21H18FN3O3S/c1-21(14-5-9-17(28-2)10-6-14)19(26)25(20(27)24-21)11-16-12-29-18(23-16)13-3-7-15(22)8-4-13/h3-10,12H,11H2,1-2H3,(H,24,27). The molecule has 1 unspecified atom stereocenters. The molecule has 8 heteroatoms. The molecule has 29 heavy (non-hydrogen) atoms. The first-order valence-electron chi connectivity index (χ1n) is 8.90. The number of carbonyl (C=O) groups excluding carboxylic acids is 2. The van der Waals surface area contributed by atoms with Crippen molar-refractivity contribution in [2.24, 2.45) is 0 Å². The quantitative estimate of drug-likeness (QED) is 0.646. The lowest BCUT2D eigenvalue weighted by molar-refractivity contribution is -0.131. The molecule has 2 heterocycles. The number of amides is 3. The number of aromatic nitrogens is 1. The molecule has 0 aliphatic carbocycles. The summed E-state index contributed by atoms with van der Waals surface area (Å²) in [5.74, 6) is 0.00783. The third-order valence-corrected chi connectivity index (χ3v) is 5.85. The van der Waals surface area contributed by atoms with Crippen LogP contribution in [0.5, 0.6) is 5.75 Å². The zero-order valence-corrected chi connectivity index (χ0v) is 16.6. The average molecular weight is 411 g/mol.